The molecule has 0 aliphatic carbocycles. The number of rotatable bonds is 7. The zero-order chi connectivity index (χ0) is 20.9. The van der Waals surface area contributed by atoms with Gasteiger partial charge in [-0.05, 0) is 69.1 Å². The van der Waals surface area contributed by atoms with Gasteiger partial charge in [-0.25, -0.2) is 0 Å². The molecule has 3 aromatic carbocycles. The Bertz CT molecular complexity index is 1100. The molecule has 0 fully saturated rings. The van der Waals surface area contributed by atoms with E-state index in [9.17, 15) is 0 Å². The summed E-state index contributed by atoms with van der Waals surface area (Å²) in [7, 11) is 3.35. The van der Waals surface area contributed by atoms with E-state index in [-0.39, 0.29) is 5.92 Å². The molecule has 0 unspecified atom stereocenters. The summed E-state index contributed by atoms with van der Waals surface area (Å²) >= 11 is 1.37. The molecule has 0 radical (unpaired) electrons. The van der Waals surface area contributed by atoms with Crippen LogP contribution >= 0.6 is 11.3 Å². The van der Waals surface area contributed by atoms with Gasteiger partial charge < -0.3 is 20.2 Å². The number of ether oxygens (including phenoxy) is 2. The summed E-state index contributed by atoms with van der Waals surface area (Å²) in [5.74, 6) is 1.78. The van der Waals surface area contributed by atoms with E-state index < -0.39 is 0 Å². The largest absolute Gasteiger partial charge is 0.497 e. The molecular formula is C25H23N2O2S-. The zero-order valence-corrected chi connectivity index (χ0v) is 17.8. The van der Waals surface area contributed by atoms with Gasteiger partial charge in [0.15, 0.2) is 0 Å². The summed E-state index contributed by atoms with van der Waals surface area (Å²) in [5.41, 5.74) is 13.5. The molecule has 152 valence electrons. The highest BCUT2D eigenvalue weighted by molar-refractivity contribution is 7.13. The molecule has 1 atom stereocenters. The Morgan fingerprint density at radius 2 is 1.60 bits per heavy atom. The lowest BCUT2D eigenvalue weighted by molar-refractivity contribution is 0.414. The molecule has 4 aromatic rings. The molecule has 4 nitrogen and oxygen atoms in total. The lowest BCUT2D eigenvalue weighted by Gasteiger charge is -2.19. The van der Waals surface area contributed by atoms with Gasteiger partial charge in [-0.15, -0.1) is 0 Å². The van der Waals surface area contributed by atoms with Crippen LogP contribution < -0.4 is 9.47 Å². The molecule has 0 aliphatic rings. The standard InChI is InChI=1S/C25H23N2O2S/c1-28-21-12-10-19(11-13-21)23(24-16-30-25(26)27-24)14-17-6-8-18(9-7-17)20-4-3-5-22(15-20)29-2/h3-13,15-16,23H,14H2,1-2H3,(H-,26,27)/q-1/t23-/m0/s1. The van der Waals surface area contributed by atoms with Crippen molar-refractivity contribution in [3.63, 3.8) is 0 Å². The molecular weight excluding hydrogens is 392 g/mol. The summed E-state index contributed by atoms with van der Waals surface area (Å²) in [6.45, 7) is 0. The van der Waals surface area contributed by atoms with Crippen molar-refractivity contribution in [3.05, 3.63) is 101 Å². The van der Waals surface area contributed by atoms with Crippen molar-refractivity contribution >= 4 is 16.5 Å². The minimum absolute atomic E-state index is 0.0916. The molecule has 0 aliphatic heterocycles. The number of hydrogen-bond acceptors (Lipinski definition) is 4. The van der Waals surface area contributed by atoms with E-state index in [1.807, 2.05) is 35.7 Å². The van der Waals surface area contributed by atoms with Crippen molar-refractivity contribution in [2.75, 3.05) is 14.2 Å². The van der Waals surface area contributed by atoms with Crippen LogP contribution in [0.2, 0.25) is 0 Å². The van der Waals surface area contributed by atoms with Crippen LogP contribution in [0.1, 0.15) is 22.7 Å². The monoisotopic (exact) mass is 415 g/mol. The quantitative estimate of drug-likeness (QED) is 0.330. The average molecular weight is 416 g/mol. The normalized spacial score (nSPS) is 11.8. The number of methoxy groups -OCH3 is 2. The second kappa shape index (κ2) is 9.01. The van der Waals surface area contributed by atoms with Gasteiger partial charge in [-0.3, -0.25) is 0 Å². The molecule has 4 rings (SSSR count). The highest BCUT2D eigenvalue weighted by atomic mass is 32.1. The molecule has 0 spiro atoms. The van der Waals surface area contributed by atoms with Crippen molar-refractivity contribution in [1.29, 1.82) is 0 Å². The number of benzene rings is 3. The fourth-order valence-corrected chi connectivity index (χ4v) is 4.15. The van der Waals surface area contributed by atoms with Crippen LogP contribution in [0.4, 0.5) is 5.13 Å². The molecule has 0 bridgehead atoms. The predicted octanol–water partition coefficient (Wildman–Crippen LogP) is 6.89. The summed E-state index contributed by atoms with van der Waals surface area (Å²) in [4.78, 5) is 4.45. The minimum Gasteiger partial charge on any atom is -0.497 e. The summed E-state index contributed by atoms with van der Waals surface area (Å²) < 4.78 is 10.6. The van der Waals surface area contributed by atoms with Crippen LogP contribution in [0.25, 0.3) is 16.9 Å². The first-order valence-corrected chi connectivity index (χ1v) is 10.6. The van der Waals surface area contributed by atoms with E-state index in [4.69, 9.17) is 15.2 Å². The number of nitrogens with one attached hydrogen (secondary N) is 1. The predicted molar refractivity (Wildman–Crippen MR) is 123 cm³/mol. The summed E-state index contributed by atoms with van der Waals surface area (Å²) in [6, 6.07) is 24.8. The van der Waals surface area contributed by atoms with E-state index in [2.05, 4.69) is 47.4 Å². The molecule has 0 saturated carbocycles. The van der Waals surface area contributed by atoms with Crippen molar-refractivity contribution in [2.45, 2.75) is 12.3 Å². The third-order valence-electron chi connectivity index (χ3n) is 5.19. The van der Waals surface area contributed by atoms with Gasteiger partial charge in [-0.1, -0.05) is 48.5 Å². The maximum atomic E-state index is 7.85. The first kappa shape index (κ1) is 20.0. The lowest BCUT2D eigenvalue weighted by Crippen LogP contribution is -2.05. The third kappa shape index (κ3) is 4.47. The average Bonchev–Trinajstić information content (AvgIpc) is 3.24. The SMILES string of the molecule is COc1ccc([C@H](Cc2ccc(-c3cccc(OC)c3)cc2)c2csc([NH-])n2)cc1. The molecule has 5 heteroatoms. The number of nitrogens with zero attached hydrogens (tertiary/aromatic N) is 1. The van der Waals surface area contributed by atoms with E-state index in [1.165, 1.54) is 16.9 Å². The van der Waals surface area contributed by atoms with Gasteiger partial charge in [0.25, 0.3) is 0 Å². The van der Waals surface area contributed by atoms with Gasteiger partial charge in [0.2, 0.25) is 0 Å². The topological polar surface area (TPSA) is 55.2 Å². The van der Waals surface area contributed by atoms with E-state index >= 15 is 0 Å². The number of hydrogen-bond donors (Lipinski definition) is 0. The van der Waals surface area contributed by atoms with Gasteiger partial charge in [-0.2, -0.15) is 11.3 Å². The van der Waals surface area contributed by atoms with Crippen molar-refractivity contribution < 1.29 is 9.47 Å². The first-order chi connectivity index (χ1) is 14.7. The molecule has 0 saturated heterocycles. The second-order valence-corrected chi connectivity index (χ2v) is 7.89. The van der Waals surface area contributed by atoms with Gasteiger partial charge in [0.05, 0.1) is 14.2 Å². The van der Waals surface area contributed by atoms with E-state index in [0.29, 0.717) is 5.13 Å². The van der Waals surface area contributed by atoms with Gasteiger partial charge >= 0.3 is 0 Å². The molecule has 1 heterocycles. The Hall–Kier alpha value is -3.31. The van der Waals surface area contributed by atoms with Gasteiger partial charge in [0, 0.05) is 5.92 Å². The number of thiazole rings is 1. The van der Waals surface area contributed by atoms with Crippen LogP contribution in [0.3, 0.4) is 0 Å². The van der Waals surface area contributed by atoms with Crippen molar-refractivity contribution in [3.8, 4) is 22.6 Å². The van der Waals surface area contributed by atoms with Crippen LogP contribution in [-0.4, -0.2) is 19.2 Å². The second-order valence-electron chi connectivity index (χ2n) is 7.04. The van der Waals surface area contributed by atoms with E-state index in [1.54, 1.807) is 14.2 Å². The Morgan fingerprint density at radius 3 is 2.23 bits per heavy atom. The fraction of sp³-hybridized carbons (Fsp3) is 0.160. The number of aromatic nitrogens is 1. The Balaban J connectivity index is 1.60. The smallest absolute Gasteiger partial charge is 0.119 e. The van der Waals surface area contributed by atoms with Crippen LogP contribution in [0.15, 0.2) is 78.2 Å². The molecule has 0 amide bonds. The lowest BCUT2D eigenvalue weighted by atomic mass is 9.89. The molecule has 1 aromatic heterocycles. The Morgan fingerprint density at radius 1 is 0.867 bits per heavy atom. The van der Waals surface area contributed by atoms with Crippen molar-refractivity contribution in [1.82, 2.24) is 4.98 Å². The molecule has 1 N–H and O–H groups in total. The summed E-state index contributed by atoms with van der Waals surface area (Å²) in [5, 5.41) is 2.33. The zero-order valence-electron chi connectivity index (χ0n) is 17.0. The minimum atomic E-state index is 0.0916. The first-order valence-electron chi connectivity index (χ1n) is 9.70. The van der Waals surface area contributed by atoms with Gasteiger partial charge in [0.1, 0.15) is 11.5 Å². The van der Waals surface area contributed by atoms with E-state index in [0.717, 1.165) is 40.3 Å². The van der Waals surface area contributed by atoms with Crippen LogP contribution in [0.5, 0.6) is 11.5 Å². The highest BCUT2D eigenvalue weighted by Crippen LogP contribution is 2.33. The van der Waals surface area contributed by atoms with Crippen LogP contribution in [0, 0.1) is 0 Å². The summed E-state index contributed by atoms with van der Waals surface area (Å²) in [6.07, 6.45) is 0.813. The highest BCUT2D eigenvalue weighted by Gasteiger charge is 2.15. The van der Waals surface area contributed by atoms with Crippen LogP contribution in [-0.2, 0) is 6.42 Å². The van der Waals surface area contributed by atoms with Crippen molar-refractivity contribution in [2.24, 2.45) is 0 Å². The maximum absolute atomic E-state index is 7.85. The fourth-order valence-electron chi connectivity index (χ4n) is 3.55. The Kier molecular flexibility index (Phi) is 6.00. The molecule has 30 heavy (non-hydrogen) atoms. The Labute approximate surface area is 180 Å². The third-order valence-corrected chi connectivity index (χ3v) is 5.87. The maximum Gasteiger partial charge on any atom is 0.119 e.